The van der Waals surface area contributed by atoms with Gasteiger partial charge >= 0.3 is 0 Å². The number of carbonyl (C=O) groups excluding carboxylic acids is 6. The van der Waals surface area contributed by atoms with Crippen molar-refractivity contribution in [2.45, 2.75) is 143 Å². The van der Waals surface area contributed by atoms with Crippen LogP contribution in [0, 0.1) is 24.2 Å². The number of aliphatic hydroxyl groups is 1. The van der Waals surface area contributed by atoms with Crippen molar-refractivity contribution < 1.29 is 38.6 Å². The van der Waals surface area contributed by atoms with Gasteiger partial charge in [-0.1, -0.05) is 89.5 Å². The lowest BCUT2D eigenvalue weighted by Gasteiger charge is -2.35. The van der Waals surface area contributed by atoms with Gasteiger partial charge in [0.1, 0.15) is 30.5 Å². The molecule has 3 aromatic rings. The van der Waals surface area contributed by atoms with Gasteiger partial charge in [-0.25, -0.2) is 4.98 Å². The van der Waals surface area contributed by atoms with Gasteiger partial charge in [-0.15, -0.1) is 11.3 Å². The van der Waals surface area contributed by atoms with Crippen LogP contribution >= 0.6 is 22.9 Å². The summed E-state index contributed by atoms with van der Waals surface area (Å²) in [5.41, 5.74) is 10.1. The van der Waals surface area contributed by atoms with Crippen LogP contribution in [-0.4, -0.2) is 105 Å². The molecule has 2 aromatic carbocycles. The smallest absolute Gasteiger partial charge is 0.246 e. The topological polar surface area (TPSA) is 213 Å². The minimum absolute atomic E-state index is 0.00636. The number of rotatable bonds is 20. The first kappa shape index (κ1) is 51.9. The summed E-state index contributed by atoms with van der Waals surface area (Å²) in [6.45, 7) is 15.6. The zero-order chi connectivity index (χ0) is 48.5. The summed E-state index contributed by atoms with van der Waals surface area (Å²) < 4.78 is 6.12. The molecule has 2 fully saturated rings. The maximum absolute atomic E-state index is 14.2. The summed E-state index contributed by atoms with van der Waals surface area (Å²) in [5.74, 6) is -1.81. The van der Waals surface area contributed by atoms with E-state index in [-0.39, 0.29) is 80.3 Å². The number of carbonyl (C=O) groups is 6. The van der Waals surface area contributed by atoms with Crippen molar-refractivity contribution in [1.82, 2.24) is 30.7 Å². The van der Waals surface area contributed by atoms with Crippen LogP contribution in [0.15, 0.2) is 48.0 Å². The largest absolute Gasteiger partial charge is 0.490 e. The van der Waals surface area contributed by atoms with Crippen molar-refractivity contribution in [1.29, 1.82) is 0 Å². The van der Waals surface area contributed by atoms with Gasteiger partial charge in [0, 0.05) is 38.3 Å². The Kier molecular flexibility index (Phi) is 18.2. The third kappa shape index (κ3) is 13.5. The molecule has 0 unspecified atom stereocenters. The van der Waals surface area contributed by atoms with Crippen LogP contribution in [0.2, 0.25) is 5.02 Å². The van der Waals surface area contributed by atoms with Crippen molar-refractivity contribution in [2.24, 2.45) is 23.0 Å². The number of primary amides is 1. The summed E-state index contributed by atoms with van der Waals surface area (Å²) in [6, 6.07) is 9.72. The molecule has 66 heavy (non-hydrogen) atoms. The minimum atomic E-state index is -0.977. The molecule has 5 rings (SSSR count). The summed E-state index contributed by atoms with van der Waals surface area (Å²) in [6.07, 6.45) is 1.54. The van der Waals surface area contributed by atoms with E-state index in [4.69, 9.17) is 22.1 Å². The van der Waals surface area contributed by atoms with E-state index >= 15 is 0 Å². The molecule has 7 atom stereocenters. The number of nitrogens with zero attached hydrogens (tertiary/aromatic N) is 3. The Labute approximate surface area is 397 Å². The Hall–Kier alpha value is -5.06. The van der Waals surface area contributed by atoms with Gasteiger partial charge in [0.05, 0.1) is 39.3 Å². The lowest BCUT2D eigenvalue weighted by molar-refractivity contribution is -0.144. The number of hydrogen-bond donors (Lipinski definition) is 5. The van der Waals surface area contributed by atoms with Gasteiger partial charge in [-0.2, -0.15) is 0 Å². The number of benzene rings is 2. The summed E-state index contributed by atoms with van der Waals surface area (Å²) in [7, 11) is 0. The molecule has 0 radical (unpaired) electrons. The first-order valence-corrected chi connectivity index (χ1v) is 24.3. The van der Waals surface area contributed by atoms with E-state index in [2.05, 4.69) is 20.9 Å². The Morgan fingerprint density at radius 1 is 0.939 bits per heavy atom. The van der Waals surface area contributed by atoms with E-state index < -0.39 is 47.5 Å². The van der Waals surface area contributed by atoms with Crippen molar-refractivity contribution in [2.75, 3.05) is 19.7 Å². The second-order valence-corrected chi connectivity index (χ2v) is 20.4. The Balaban J connectivity index is 1.16. The fraction of sp³-hybridized carbons (Fsp3) is 0.571. The molecule has 6 amide bonds. The highest BCUT2D eigenvalue weighted by atomic mass is 35.5. The predicted octanol–water partition coefficient (Wildman–Crippen LogP) is 5.88. The molecule has 2 saturated heterocycles. The van der Waals surface area contributed by atoms with E-state index in [0.29, 0.717) is 43.0 Å². The van der Waals surface area contributed by atoms with E-state index in [1.807, 2.05) is 91.2 Å². The molecule has 0 aliphatic carbocycles. The van der Waals surface area contributed by atoms with Crippen LogP contribution in [0.4, 0.5) is 0 Å². The number of aryl methyl sites for hydroxylation is 2. The highest BCUT2D eigenvalue weighted by molar-refractivity contribution is 7.13. The molecule has 6 N–H and O–H groups in total. The van der Waals surface area contributed by atoms with E-state index in [1.165, 1.54) is 4.90 Å². The molecular weight excluding hydrogens is 882 g/mol. The molecule has 0 saturated carbocycles. The fourth-order valence-electron chi connectivity index (χ4n) is 8.40. The third-order valence-corrected chi connectivity index (χ3v) is 14.1. The Morgan fingerprint density at radius 2 is 1.64 bits per heavy atom. The van der Waals surface area contributed by atoms with Crippen LogP contribution in [0.25, 0.3) is 10.4 Å². The van der Waals surface area contributed by atoms with Gasteiger partial charge in [0.15, 0.2) is 0 Å². The van der Waals surface area contributed by atoms with Crippen LogP contribution in [0.1, 0.15) is 116 Å². The van der Waals surface area contributed by atoms with Gasteiger partial charge in [0.25, 0.3) is 0 Å². The molecule has 17 heteroatoms. The number of likely N-dealkylation sites (tertiary alicyclic amines) is 2. The quantitative estimate of drug-likeness (QED) is 0.0914. The molecule has 3 heterocycles. The van der Waals surface area contributed by atoms with E-state index in [9.17, 15) is 33.9 Å². The number of aliphatic hydroxyl groups excluding tert-OH is 1. The summed E-state index contributed by atoms with van der Waals surface area (Å²) >= 11 is 8.39. The number of halogens is 1. The number of β-amino-alcohol motifs (C(OH)–C–C–N with tert-alkyl or cyclic N) is 1. The minimum Gasteiger partial charge on any atom is -0.490 e. The van der Waals surface area contributed by atoms with Crippen LogP contribution in [0.5, 0.6) is 5.75 Å². The Morgan fingerprint density at radius 3 is 2.27 bits per heavy atom. The van der Waals surface area contributed by atoms with Crippen molar-refractivity contribution in [3.8, 4) is 16.2 Å². The van der Waals surface area contributed by atoms with Crippen LogP contribution < -0.4 is 26.4 Å². The van der Waals surface area contributed by atoms with Crippen LogP contribution in [0.3, 0.4) is 0 Å². The lowest BCUT2D eigenvalue weighted by atomic mass is 9.85. The molecule has 0 bridgehead atoms. The molecule has 15 nitrogen and oxygen atoms in total. The molecular formula is C49H68ClN7O8S. The lowest BCUT2D eigenvalue weighted by Crippen LogP contribution is -2.57. The second kappa shape index (κ2) is 23.1. The number of amides is 6. The predicted molar refractivity (Wildman–Crippen MR) is 255 cm³/mol. The SMILES string of the molecule is Cc1ncsc1-c1ccc([C@H](C)NC(=O)[C@@H]2C[C@@H](O)CN2C(=O)[C@@H](NC(=O)CCCc2cccc(OC[C@H](CCC(N)=O)NC(=O)[C@@H]3CCCN3C(=O)[C@@H](C)C(C)C)c2Cl)C(C)(C)C)cc1. The average molecular weight is 951 g/mol. The van der Waals surface area contributed by atoms with Gasteiger partial charge in [-0.05, 0) is 80.0 Å². The zero-order valence-electron chi connectivity index (χ0n) is 39.5. The van der Waals surface area contributed by atoms with E-state index in [1.54, 1.807) is 28.4 Å². The Bertz CT molecular complexity index is 2190. The first-order chi connectivity index (χ1) is 31.2. The maximum atomic E-state index is 14.2. The van der Waals surface area contributed by atoms with Gasteiger partial charge in [-0.3, -0.25) is 28.8 Å². The number of thiazole rings is 1. The zero-order valence-corrected chi connectivity index (χ0v) is 41.1. The van der Waals surface area contributed by atoms with Crippen molar-refractivity contribution >= 4 is 58.4 Å². The normalized spacial score (nSPS) is 19.2. The maximum Gasteiger partial charge on any atom is 0.246 e. The van der Waals surface area contributed by atoms with Crippen LogP contribution in [-0.2, 0) is 35.2 Å². The standard InChI is InChI=1S/C49H68ClN7O8S/c1-28(2)29(3)47(63)56-23-11-14-37(56)45(61)54-35(21-22-40(51)59)26-65-39-15-9-12-33(42(39)50)13-10-16-41(60)55-44(49(6,7)8)48(64)57-25-36(58)24-38(57)46(62)53-30(4)32-17-19-34(20-18-32)43-31(5)52-27-66-43/h9,12,15,17-20,27-30,35-38,44,58H,10-11,13-14,16,21-26H2,1-8H3,(H2,51,59)(H,53,62)(H,54,61)(H,55,60)/t29-,30-,35-,36+,37-,38-,44+/m0/s1. The number of aromatic nitrogens is 1. The number of hydrogen-bond acceptors (Lipinski definition) is 10. The molecule has 2 aliphatic rings. The molecule has 1 aromatic heterocycles. The fourth-order valence-corrected chi connectivity index (χ4v) is 9.49. The monoisotopic (exact) mass is 949 g/mol. The summed E-state index contributed by atoms with van der Waals surface area (Å²) in [4.78, 5) is 88.3. The number of nitrogens with one attached hydrogen (secondary N) is 3. The molecule has 2 aliphatic heterocycles. The third-order valence-electron chi connectivity index (χ3n) is 12.7. The molecule has 0 spiro atoms. The van der Waals surface area contributed by atoms with Crippen molar-refractivity contribution in [3.63, 3.8) is 0 Å². The molecule has 360 valence electrons. The second-order valence-electron chi connectivity index (χ2n) is 19.2. The summed E-state index contributed by atoms with van der Waals surface area (Å²) in [5, 5.41) is 20.0. The average Bonchev–Trinajstić information content (AvgIpc) is 4.03. The van der Waals surface area contributed by atoms with Gasteiger partial charge < -0.3 is 41.3 Å². The number of nitrogens with two attached hydrogens (primary N) is 1. The highest BCUT2D eigenvalue weighted by Gasteiger charge is 2.45. The van der Waals surface area contributed by atoms with E-state index in [0.717, 1.165) is 27.3 Å². The number of ether oxygens (including phenoxy) is 1. The van der Waals surface area contributed by atoms with Gasteiger partial charge in [0.2, 0.25) is 35.4 Å². The first-order valence-electron chi connectivity index (χ1n) is 23.0. The highest BCUT2D eigenvalue weighted by Crippen LogP contribution is 2.32. The van der Waals surface area contributed by atoms with Crippen molar-refractivity contribution in [3.05, 3.63) is 69.8 Å².